The number of carbonyl (C=O) groups excluding carboxylic acids is 1. The van der Waals surface area contributed by atoms with Crippen LogP contribution in [0, 0.1) is 5.92 Å². The normalized spacial score (nSPS) is 22.1. The molecule has 3 rings (SSSR count). The van der Waals surface area contributed by atoms with Crippen LogP contribution in [0.1, 0.15) is 45.1 Å². The highest BCUT2D eigenvalue weighted by Crippen LogP contribution is 2.21. The minimum Gasteiger partial charge on any atom is -0.373 e. The molecule has 0 bridgehead atoms. The second kappa shape index (κ2) is 8.81. The fourth-order valence-corrected chi connectivity index (χ4v) is 3.87. The van der Waals surface area contributed by atoms with Gasteiger partial charge in [-0.25, -0.2) is 0 Å². The third kappa shape index (κ3) is 5.05. The van der Waals surface area contributed by atoms with E-state index in [4.69, 9.17) is 4.74 Å². The highest BCUT2D eigenvalue weighted by atomic mass is 16.5. The number of hydrogen-bond acceptors (Lipinski definition) is 3. The summed E-state index contributed by atoms with van der Waals surface area (Å²) in [5, 5.41) is 0. The van der Waals surface area contributed by atoms with Crippen molar-refractivity contribution in [1.82, 2.24) is 9.80 Å². The molecule has 1 amide bonds. The van der Waals surface area contributed by atoms with Gasteiger partial charge in [-0.05, 0) is 44.1 Å². The zero-order valence-corrected chi connectivity index (χ0v) is 15.7. The first-order valence-electron chi connectivity index (χ1n) is 9.82. The quantitative estimate of drug-likeness (QED) is 0.821. The van der Waals surface area contributed by atoms with Gasteiger partial charge in [-0.1, -0.05) is 37.3 Å². The molecule has 2 aliphatic heterocycles. The maximum atomic E-state index is 12.7. The summed E-state index contributed by atoms with van der Waals surface area (Å²) in [6, 6.07) is 10.4. The molecule has 2 fully saturated rings. The fraction of sp³-hybridized carbons (Fsp3) is 0.667. The van der Waals surface area contributed by atoms with E-state index in [1.807, 2.05) is 6.07 Å². The predicted octanol–water partition coefficient (Wildman–Crippen LogP) is 3.31. The summed E-state index contributed by atoms with van der Waals surface area (Å²) in [5.41, 5.74) is 1.23. The maximum absolute atomic E-state index is 12.7. The van der Waals surface area contributed by atoms with E-state index in [-0.39, 0.29) is 6.04 Å². The Morgan fingerprint density at radius 3 is 2.36 bits per heavy atom. The van der Waals surface area contributed by atoms with Crippen LogP contribution in [0.5, 0.6) is 0 Å². The molecule has 0 saturated carbocycles. The summed E-state index contributed by atoms with van der Waals surface area (Å²) in [4.78, 5) is 17.2. The Morgan fingerprint density at radius 2 is 1.72 bits per heavy atom. The van der Waals surface area contributed by atoms with Crippen LogP contribution >= 0.6 is 0 Å². The number of amides is 1. The van der Waals surface area contributed by atoms with Crippen LogP contribution in [0.4, 0.5) is 0 Å². The topological polar surface area (TPSA) is 32.8 Å². The summed E-state index contributed by atoms with van der Waals surface area (Å²) in [7, 11) is 0. The van der Waals surface area contributed by atoms with Crippen LogP contribution in [0.15, 0.2) is 30.3 Å². The summed E-state index contributed by atoms with van der Waals surface area (Å²) in [6.45, 7) is 8.82. The van der Waals surface area contributed by atoms with Gasteiger partial charge >= 0.3 is 0 Å². The first-order chi connectivity index (χ1) is 12.1. The van der Waals surface area contributed by atoms with E-state index in [1.54, 1.807) is 0 Å². The number of rotatable bonds is 5. The van der Waals surface area contributed by atoms with Crippen LogP contribution in [-0.2, 0) is 16.1 Å². The highest BCUT2D eigenvalue weighted by molar-refractivity contribution is 5.81. The Morgan fingerprint density at radius 1 is 1.08 bits per heavy atom. The Labute approximate surface area is 152 Å². The Kier molecular flexibility index (Phi) is 6.49. The van der Waals surface area contributed by atoms with Gasteiger partial charge in [-0.2, -0.15) is 0 Å². The molecule has 1 atom stereocenters. The van der Waals surface area contributed by atoms with Crippen LogP contribution in [0.2, 0.25) is 0 Å². The molecular formula is C21H32N2O2. The van der Waals surface area contributed by atoms with Crippen molar-refractivity contribution >= 4 is 5.91 Å². The summed E-state index contributed by atoms with van der Waals surface area (Å²) in [5.74, 6) is 1.08. The zero-order chi connectivity index (χ0) is 17.6. The Balaban J connectivity index is 1.41. The second-order valence-electron chi connectivity index (χ2n) is 7.72. The number of likely N-dealkylation sites (tertiary alicyclic amines) is 2. The molecule has 1 unspecified atom stereocenters. The molecule has 0 aliphatic carbocycles. The van der Waals surface area contributed by atoms with Gasteiger partial charge in [0.05, 0.1) is 18.8 Å². The first kappa shape index (κ1) is 18.4. The molecule has 1 aromatic rings. The van der Waals surface area contributed by atoms with Gasteiger partial charge in [0.15, 0.2) is 0 Å². The van der Waals surface area contributed by atoms with E-state index in [9.17, 15) is 4.79 Å². The Bertz CT molecular complexity index is 532. The van der Waals surface area contributed by atoms with Crippen LogP contribution in [0.3, 0.4) is 0 Å². The number of benzene rings is 1. The van der Waals surface area contributed by atoms with Crippen LogP contribution in [-0.4, -0.2) is 54.0 Å². The van der Waals surface area contributed by atoms with Gasteiger partial charge in [-0.3, -0.25) is 9.69 Å². The largest absolute Gasteiger partial charge is 0.373 e. The third-order valence-electron chi connectivity index (χ3n) is 5.81. The number of ether oxygens (including phenoxy) is 1. The molecule has 0 radical (unpaired) electrons. The molecule has 25 heavy (non-hydrogen) atoms. The molecule has 0 spiro atoms. The first-order valence-corrected chi connectivity index (χ1v) is 9.82. The van der Waals surface area contributed by atoms with Gasteiger partial charge in [-0.15, -0.1) is 0 Å². The van der Waals surface area contributed by atoms with E-state index in [0.717, 1.165) is 57.8 Å². The fourth-order valence-electron chi connectivity index (χ4n) is 3.87. The van der Waals surface area contributed by atoms with Crippen molar-refractivity contribution in [3.63, 3.8) is 0 Å². The van der Waals surface area contributed by atoms with Crippen molar-refractivity contribution in [3.8, 4) is 0 Å². The summed E-state index contributed by atoms with van der Waals surface area (Å²) >= 11 is 0. The van der Waals surface area contributed by atoms with E-state index < -0.39 is 0 Å². The molecule has 2 saturated heterocycles. The van der Waals surface area contributed by atoms with Crippen LogP contribution in [0.25, 0.3) is 0 Å². The standard InChI is InChI=1S/C21H32N2O2/c1-17-8-12-23(13-9-17)21(24)18(2)22-14-10-20(11-15-22)25-16-19-6-4-3-5-7-19/h3-7,17-18,20H,8-16H2,1-2H3. The lowest BCUT2D eigenvalue weighted by atomic mass is 9.98. The molecule has 0 aromatic heterocycles. The van der Waals surface area contributed by atoms with Crippen molar-refractivity contribution in [3.05, 3.63) is 35.9 Å². The lowest BCUT2D eigenvalue weighted by molar-refractivity contribution is -0.139. The van der Waals surface area contributed by atoms with Gasteiger partial charge in [0.25, 0.3) is 0 Å². The van der Waals surface area contributed by atoms with Gasteiger partial charge in [0, 0.05) is 26.2 Å². The van der Waals surface area contributed by atoms with Crippen molar-refractivity contribution in [2.24, 2.45) is 5.92 Å². The van der Waals surface area contributed by atoms with Gasteiger partial charge in [0.1, 0.15) is 0 Å². The van der Waals surface area contributed by atoms with E-state index in [0.29, 0.717) is 18.6 Å². The number of carbonyl (C=O) groups is 1. The van der Waals surface area contributed by atoms with Crippen molar-refractivity contribution in [2.75, 3.05) is 26.2 Å². The maximum Gasteiger partial charge on any atom is 0.239 e. The number of piperidine rings is 2. The molecule has 1 aromatic carbocycles. The lowest BCUT2D eigenvalue weighted by Crippen LogP contribution is -2.52. The average molecular weight is 344 g/mol. The summed E-state index contributed by atoms with van der Waals surface area (Å²) in [6.07, 6.45) is 4.64. The van der Waals surface area contributed by atoms with Gasteiger partial charge in [0.2, 0.25) is 5.91 Å². The van der Waals surface area contributed by atoms with Crippen molar-refractivity contribution < 1.29 is 9.53 Å². The lowest BCUT2D eigenvalue weighted by Gasteiger charge is -2.39. The number of nitrogens with zero attached hydrogens (tertiary/aromatic N) is 2. The predicted molar refractivity (Wildman–Crippen MR) is 100 cm³/mol. The molecule has 0 N–H and O–H groups in total. The molecule has 2 aliphatic rings. The zero-order valence-electron chi connectivity index (χ0n) is 15.7. The molecule has 2 heterocycles. The van der Waals surface area contributed by atoms with Crippen LogP contribution < -0.4 is 0 Å². The minimum atomic E-state index is 0.00322. The van der Waals surface area contributed by atoms with Crippen molar-refractivity contribution in [1.29, 1.82) is 0 Å². The molecular weight excluding hydrogens is 312 g/mol. The average Bonchev–Trinajstić information content (AvgIpc) is 2.67. The number of hydrogen-bond donors (Lipinski definition) is 0. The monoisotopic (exact) mass is 344 g/mol. The molecule has 138 valence electrons. The summed E-state index contributed by atoms with van der Waals surface area (Å²) < 4.78 is 6.06. The van der Waals surface area contributed by atoms with E-state index in [1.165, 1.54) is 5.56 Å². The van der Waals surface area contributed by atoms with E-state index >= 15 is 0 Å². The molecule has 4 heteroatoms. The third-order valence-corrected chi connectivity index (χ3v) is 5.81. The highest BCUT2D eigenvalue weighted by Gasteiger charge is 2.30. The van der Waals surface area contributed by atoms with Crippen molar-refractivity contribution in [2.45, 2.75) is 58.3 Å². The van der Waals surface area contributed by atoms with E-state index in [2.05, 4.69) is 47.9 Å². The smallest absolute Gasteiger partial charge is 0.239 e. The molecule has 4 nitrogen and oxygen atoms in total. The second-order valence-corrected chi connectivity index (χ2v) is 7.72. The SMILES string of the molecule is CC1CCN(C(=O)C(C)N2CCC(OCc3ccccc3)CC2)CC1. The minimum absolute atomic E-state index is 0.00322. The van der Waals surface area contributed by atoms with Gasteiger partial charge < -0.3 is 9.64 Å². The Hall–Kier alpha value is -1.39.